The minimum atomic E-state index is -1.52. The highest BCUT2D eigenvalue weighted by atomic mass is 19.2. The fourth-order valence-corrected chi connectivity index (χ4v) is 2.15. The van der Waals surface area contributed by atoms with E-state index in [0.29, 0.717) is 5.56 Å². The smallest absolute Gasteiger partial charge is 0.194 e. The Morgan fingerprint density at radius 1 is 0.955 bits per heavy atom. The summed E-state index contributed by atoms with van der Waals surface area (Å²) in [6, 6.07) is 8.80. The number of carbonyl (C=O) groups excluding carboxylic acids is 1. The van der Waals surface area contributed by atoms with Gasteiger partial charge in [0.05, 0.1) is 0 Å². The molecule has 0 aliphatic rings. The quantitative estimate of drug-likeness (QED) is 0.586. The minimum absolute atomic E-state index is 0.0230. The molecular formula is C18H17F3O. The summed E-state index contributed by atoms with van der Waals surface area (Å²) in [5, 5.41) is 0. The van der Waals surface area contributed by atoms with E-state index < -0.39 is 17.5 Å². The van der Waals surface area contributed by atoms with Crippen molar-refractivity contribution >= 4 is 5.78 Å². The van der Waals surface area contributed by atoms with Gasteiger partial charge >= 0.3 is 0 Å². The number of rotatable bonds is 3. The molecule has 0 unspecified atom stereocenters. The molecule has 116 valence electrons. The standard InChI is InChI=1S/C18H17F3O/c1-18(2,3)13-6-4-12(5-7-13)16(22)10-11-8-14(19)17(21)15(20)9-11/h4-9H,10H2,1-3H3. The van der Waals surface area contributed by atoms with Crippen LogP contribution in [0.2, 0.25) is 0 Å². The van der Waals surface area contributed by atoms with E-state index in [4.69, 9.17) is 0 Å². The Morgan fingerprint density at radius 3 is 1.91 bits per heavy atom. The van der Waals surface area contributed by atoms with Crippen LogP contribution >= 0.6 is 0 Å². The number of benzene rings is 2. The van der Waals surface area contributed by atoms with E-state index in [1.165, 1.54) is 0 Å². The van der Waals surface area contributed by atoms with Crippen LogP contribution in [0.25, 0.3) is 0 Å². The Morgan fingerprint density at radius 2 is 1.45 bits per heavy atom. The van der Waals surface area contributed by atoms with E-state index in [2.05, 4.69) is 20.8 Å². The maximum Gasteiger partial charge on any atom is 0.194 e. The van der Waals surface area contributed by atoms with Gasteiger partial charge in [0.15, 0.2) is 23.2 Å². The van der Waals surface area contributed by atoms with Gasteiger partial charge < -0.3 is 0 Å². The molecule has 4 heteroatoms. The summed E-state index contributed by atoms with van der Waals surface area (Å²) in [5.74, 6) is -4.37. The van der Waals surface area contributed by atoms with Crippen molar-refractivity contribution in [1.82, 2.24) is 0 Å². The predicted molar refractivity (Wildman–Crippen MR) is 79.5 cm³/mol. The number of Topliss-reactive ketones (excluding diaryl/α,β-unsaturated/α-hetero) is 1. The molecule has 2 aromatic carbocycles. The number of ketones is 1. The van der Waals surface area contributed by atoms with Crippen LogP contribution in [-0.4, -0.2) is 5.78 Å². The molecule has 0 aliphatic carbocycles. The second kappa shape index (κ2) is 5.95. The summed E-state index contributed by atoms with van der Waals surface area (Å²) in [4.78, 5) is 12.1. The molecule has 2 rings (SSSR count). The van der Waals surface area contributed by atoms with Gasteiger partial charge in [-0.25, -0.2) is 13.2 Å². The van der Waals surface area contributed by atoms with Crippen molar-refractivity contribution in [2.75, 3.05) is 0 Å². The molecule has 0 aromatic heterocycles. The van der Waals surface area contributed by atoms with Gasteiger partial charge in [0.1, 0.15) is 0 Å². The van der Waals surface area contributed by atoms with Crippen LogP contribution in [0.4, 0.5) is 13.2 Å². The van der Waals surface area contributed by atoms with Crippen LogP contribution in [0.3, 0.4) is 0 Å². The fourth-order valence-electron chi connectivity index (χ4n) is 2.15. The number of halogens is 3. The maximum absolute atomic E-state index is 13.2. The third kappa shape index (κ3) is 3.56. The average molecular weight is 306 g/mol. The number of hydrogen-bond acceptors (Lipinski definition) is 1. The largest absolute Gasteiger partial charge is 0.294 e. The van der Waals surface area contributed by atoms with Gasteiger partial charge in [0, 0.05) is 12.0 Å². The van der Waals surface area contributed by atoms with E-state index in [-0.39, 0.29) is 23.2 Å². The summed E-state index contributed by atoms with van der Waals surface area (Å²) in [7, 11) is 0. The van der Waals surface area contributed by atoms with Crippen molar-refractivity contribution in [3.8, 4) is 0 Å². The lowest BCUT2D eigenvalue weighted by molar-refractivity contribution is 0.0992. The molecule has 0 N–H and O–H groups in total. The third-order valence-electron chi connectivity index (χ3n) is 3.48. The number of hydrogen-bond donors (Lipinski definition) is 0. The average Bonchev–Trinajstić information content (AvgIpc) is 2.44. The Balaban J connectivity index is 2.19. The topological polar surface area (TPSA) is 17.1 Å². The molecule has 22 heavy (non-hydrogen) atoms. The van der Waals surface area contributed by atoms with E-state index >= 15 is 0 Å². The molecule has 2 aromatic rings. The summed E-state index contributed by atoms with van der Waals surface area (Å²) >= 11 is 0. The van der Waals surface area contributed by atoms with Gasteiger partial charge in [-0.15, -0.1) is 0 Å². The zero-order valence-electron chi connectivity index (χ0n) is 12.7. The lowest BCUT2D eigenvalue weighted by Gasteiger charge is -2.19. The first-order valence-electron chi connectivity index (χ1n) is 6.95. The molecule has 0 amide bonds. The number of carbonyl (C=O) groups is 1. The molecule has 0 heterocycles. The molecule has 0 saturated heterocycles. The summed E-state index contributed by atoms with van der Waals surface area (Å²) in [6.07, 6.45) is -0.178. The van der Waals surface area contributed by atoms with Gasteiger partial charge in [0.2, 0.25) is 0 Å². The Hall–Kier alpha value is -2.10. The molecule has 1 nitrogen and oxygen atoms in total. The van der Waals surface area contributed by atoms with Crippen LogP contribution in [0.15, 0.2) is 36.4 Å². The molecule has 0 saturated carbocycles. The Labute approximate surface area is 127 Å². The summed E-state index contributed by atoms with van der Waals surface area (Å²) in [6.45, 7) is 6.19. The van der Waals surface area contributed by atoms with Gasteiger partial charge in [-0.3, -0.25) is 4.79 Å². The molecular weight excluding hydrogens is 289 g/mol. The maximum atomic E-state index is 13.2. The van der Waals surface area contributed by atoms with Gasteiger partial charge in [-0.2, -0.15) is 0 Å². The normalized spacial score (nSPS) is 11.5. The first kappa shape index (κ1) is 16.3. The van der Waals surface area contributed by atoms with Crippen molar-refractivity contribution < 1.29 is 18.0 Å². The van der Waals surface area contributed by atoms with Crippen LogP contribution in [0.5, 0.6) is 0 Å². The summed E-state index contributed by atoms with van der Waals surface area (Å²) < 4.78 is 39.2. The van der Waals surface area contributed by atoms with Gasteiger partial charge in [-0.1, -0.05) is 45.0 Å². The Kier molecular flexibility index (Phi) is 4.40. The van der Waals surface area contributed by atoms with Crippen molar-refractivity contribution in [2.45, 2.75) is 32.6 Å². The zero-order valence-corrected chi connectivity index (χ0v) is 12.7. The molecule has 0 fully saturated rings. The van der Waals surface area contributed by atoms with Crippen LogP contribution in [0.1, 0.15) is 42.3 Å². The second-order valence-corrected chi connectivity index (χ2v) is 6.30. The summed E-state index contributed by atoms with van der Waals surface area (Å²) in [5.41, 5.74) is 1.63. The highest BCUT2D eigenvalue weighted by Crippen LogP contribution is 2.23. The third-order valence-corrected chi connectivity index (χ3v) is 3.48. The second-order valence-electron chi connectivity index (χ2n) is 6.30. The highest BCUT2D eigenvalue weighted by molar-refractivity contribution is 5.97. The van der Waals surface area contributed by atoms with Crippen molar-refractivity contribution in [3.05, 3.63) is 70.5 Å². The van der Waals surface area contributed by atoms with Crippen LogP contribution in [0, 0.1) is 17.5 Å². The molecule has 0 aliphatic heterocycles. The van der Waals surface area contributed by atoms with Crippen LogP contribution in [-0.2, 0) is 11.8 Å². The van der Waals surface area contributed by atoms with Crippen molar-refractivity contribution in [3.63, 3.8) is 0 Å². The van der Waals surface area contributed by atoms with E-state index in [0.717, 1.165) is 17.7 Å². The minimum Gasteiger partial charge on any atom is -0.294 e. The van der Waals surface area contributed by atoms with Gasteiger partial charge in [-0.05, 0) is 28.7 Å². The highest BCUT2D eigenvalue weighted by Gasteiger charge is 2.16. The first-order valence-corrected chi connectivity index (χ1v) is 6.95. The first-order chi connectivity index (χ1) is 10.2. The fraction of sp³-hybridized carbons (Fsp3) is 0.278. The lowest BCUT2D eigenvalue weighted by Crippen LogP contribution is -2.11. The zero-order chi connectivity index (χ0) is 16.5. The van der Waals surface area contributed by atoms with E-state index in [1.54, 1.807) is 12.1 Å². The van der Waals surface area contributed by atoms with Gasteiger partial charge in [0.25, 0.3) is 0 Å². The SMILES string of the molecule is CC(C)(C)c1ccc(C(=O)Cc2cc(F)c(F)c(F)c2)cc1. The van der Waals surface area contributed by atoms with Crippen LogP contribution < -0.4 is 0 Å². The monoisotopic (exact) mass is 306 g/mol. The Bertz CT molecular complexity index is 674. The molecule has 0 atom stereocenters. The van der Waals surface area contributed by atoms with E-state index in [9.17, 15) is 18.0 Å². The predicted octanol–water partition coefficient (Wildman–Crippen LogP) is 4.83. The van der Waals surface area contributed by atoms with Crippen molar-refractivity contribution in [2.24, 2.45) is 0 Å². The molecule has 0 spiro atoms. The molecule has 0 radical (unpaired) electrons. The van der Waals surface area contributed by atoms with Crippen molar-refractivity contribution in [1.29, 1.82) is 0 Å². The lowest BCUT2D eigenvalue weighted by atomic mass is 9.86. The van der Waals surface area contributed by atoms with E-state index in [1.807, 2.05) is 12.1 Å². The molecule has 0 bridgehead atoms.